The Morgan fingerprint density at radius 3 is 2.61 bits per heavy atom. The predicted octanol–water partition coefficient (Wildman–Crippen LogP) is 4.23. The van der Waals surface area contributed by atoms with Crippen molar-refractivity contribution < 1.29 is 8.81 Å². The fourth-order valence-corrected chi connectivity index (χ4v) is 3.04. The molecule has 0 radical (unpaired) electrons. The zero-order valence-corrected chi connectivity index (χ0v) is 12.2. The number of rotatable bonds is 5. The average Bonchev–Trinajstić information content (AvgIpc) is 2.79. The van der Waals surface area contributed by atoms with E-state index in [-0.39, 0.29) is 11.9 Å². The fourth-order valence-electron chi connectivity index (χ4n) is 1.55. The van der Waals surface area contributed by atoms with Crippen LogP contribution in [0.25, 0.3) is 0 Å². The molecule has 1 N–H and O–H groups in total. The summed E-state index contributed by atoms with van der Waals surface area (Å²) in [6.07, 6.45) is 1.66. The molecule has 2 nitrogen and oxygen atoms in total. The van der Waals surface area contributed by atoms with Gasteiger partial charge in [0.05, 0.1) is 16.8 Å². The Hall–Kier alpha value is -0.780. The molecule has 1 aromatic carbocycles. The molecule has 1 unspecified atom stereocenters. The Balaban J connectivity index is 2.00. The van der Waals surface area contributed by atoms with Crippen molar-refractivity contribution in [2.75, 3.05) is 12.8 Å². The van der Waals surface area contributed by atoms with Crippen LogP contribution in [0, 0.1) is 5.82 Å². The summed E-state index contributed by atoms with van der Waals surface area (Å²) < 4.78 is 19.2. The van der Waals surface area contributed by atoms with Gasteiger partial charge in [0.2, 0.25) is 0 Å². The Labute approximate surface area is 118 Å². The van der Waals surface area contributed by atoms with Gasteiger partial charge in [0.1, 0.15) is 11.6 Å². The first kappa shape index (κ1) is 13.6. The van der Waals surface area contributed by atoms with Crippen LogP contribution in [-0.4, -0.2) is 12.8 Å². The highest BCUT2D eigenvalue weighted by atomic mass is 79.9. The first-order valence-electron chi connectivity index (χ1n) is 5.49. The van der Waals surface area contributed by atoms with Gasteiger partial charge in [-0.1, -0.05) is 0 Å². The van der Waals surface area contributed by atoms with Crippen LogP contribution in [0.5, 0.6) is 0 Å². The molecule has 2 aromatic rings. The zero-order valence-electron chi connectivity index (χ0n) is 9.82. The van der Waals surface area contributed by atoms with E-state index in [2.05, 4.69) is 21.2 Å². The Bertz CT molecular complexity index is 500. The molecule has 0 saturated carbocycles. The van der Waals surface area contributed by atoms with E-state index in [0.717, 1.165) is 20.9 Å². The highest BCUT2D eigenvalue weighted by Gasteiger charge is 2.16. The second kappa shape index (κ2) is 6.41. The molecule has 0 amide bonds. The molecule has 5 heteroatoms. The SMILES string of the molecule is CNC(CSc1ccc(F)cc1)c1occc1Br. The van der Waals surface area contributed by atoms with E-state index in [9.17, 15) is 4.39 Å². The third kappa shape index (κ3) is 3.37. The van der Waals surface area contributed by atoms with E-state index < -0.39 is 0 Å². The molecule has 1 atom stereocenters. The average molecular weight is 330 g/mol. The molecule has 18 heavy (non-hydrogen) atoms. The van der Waals surface area contributed by atoms with Crippen LogP contribution >= 0.6 is 27.7 Å². The van der Waals surface area contributed by atoms with Gasteiger partial charge in [-0.3, -0.25) is 0 Å². The summed E-state index contributed by atoms with van der Waals surface area (Å²) >= 11 is 5.11. The lowest BCUT2D eigenvalue weighted by atomic mass is 10.2. The number of halogens is 2. The summed E-state index contributed by atoms with van der Waals surface area (Å²) in [4.78, 5) is 1.04. The maximum atomic E-state index is 12.8. The van der Waals surface area contributed by atoms with E-state index in [1.54, 1.807) is 30.2 Å². The molecule has 1 heterocycles. The fraction of sp³-hybridized carbons (Fsp3) is 0.231. The summed E-state index contributed by atoms with van der Waals surface area (Å²) in [6.45, 7) is 0. The molecule has 0 aliphatic rings. The van der Waals surface area contributed by atoms with Crippen molar-refractivity contribution in [1.82, 2.24) is 5.32 Å². The molecular formula is C13H13BrFNOS. The second-order valence-corrected chi connectivity index (χ2v) is 5.69. The summed E-state index contributed by atoms with van der Waals surface area (Å²) in [5, 5.41) is 3.21. The van der Waals surface area contributed by atoms with Gasteiger partial charge in [-0.25, -0.2) is 4.39 Å². The van der Waals surface area contributed by atoms with Crippen LogP contribution in [-0.2, 0) is 0 Å². The van der Waals surface area contributed by atoms with Gasteiger partial charge >= 0.3 is 0 Å². The number of furan rings is 1. The zero-order chi connectivity index (χ0) is 13.0. The third-order valence-corrected chi connectivity index (χ3v) is 4.30. The van der Waals surface area contributed by atoms with Gasteiger partial charge in [0.15, 0.2) is 0 Å². The van der Waals surface area contributed by atoms with Gasteiger partial charge in [-0.05, 0) is 53.3 Å². The van der Waals surface area contributed by atoms with E-state index in [4.69, 9.17) is 4.42 Å². The largest absolute Gasteiger partial charge is 0.466 e. The van der Waals surface area contributed by atoms with Crippen molar-refractivity contribution in [2.45, 2.75) is 10.9 Å². The van der Waals surface area contributed by atoms with Crippen LogP contribution in [0.2, 0.25) is 0 Å². The minimum Gasteiger partial charge on any atom is -0.466 e. The van der Waals surface area contributed by atoms with Crippen LogP contribution in [0.1, 0.15) is 11.8 Å². The molecule has 1 aromatic heterocycles. The molecule has 0 fully saturated rings. The van der Waals surface area contributed by atoms with Gasteiger partial charge in [-0.2, -0.15) is 0 Å². The van der Waals surface area contributed by atoms with Crippen molar-refractivity contribution in [2.24, 2.45) is 0 Å². The molecular weight excluding hydrogens is 317 g/mol. The van der Waals surface area contributed by atoms with E-state index in [0.29, 0.717) is 0 Å². The molecule has 96 valence electrons. The molecule has 0 bridgehead atoms. The molecule has 2 rings (SSSR count). The number of benzene rings is 1. The monoisotopic (exact) mass is 329 g/mol. The van der Waals surface area contributed by atoms with E-state index >= 15 is 0 Å². The summed E-state index contributed by atoms with van der Waals surface area (Å²) in [6, 6.07) is 8.50. The molecule has 0 saturated heterocycles. The first-order valence-corrected chi connectivity index (χ1v) is 7.27. The van der Waals surface area contributed by atoms with E-state index in [1.807, 2.05) is 13.1 Å². The van der Waals surface area contributed by atoms with Crippen molar-refractivity contribution in [1.29, 1.82) is 0 Å². The quantitative estimate of drug-likeness (QED) is 0.831. The minimum absolute atomic E-state index is 0.115. The van der Waals surface area contributed by atoms with Gasteiger partial charge < -0.3 is 9.73 Å². The van der Waals surface area contributed by atoms with Crippen LogP contribution in [0.15, 0.2) is 50.4 Å². The Morgan fingerprint density at radius 1 is 1.33 bits per heavy atom. The maximum absolute atomic E-state index is 12.8. The normalized spacial score (nSPS) is 12.6. The lowest BCUT2D eigenvalue weighted by Gasteiger charge is -2.13. The maximum Gasteiger partial charge on any atom is 0.135 e. The standard InChI is InChI=1S/C13H13BrFNOS/c1-16-12(13-11(14)6-7-17-13)8-18-10-4-2-9(15)3-5-10/h2-7,12,16H,8H2,1H3. The topological polar surface area (TPSA) is 25.2 Å². The van der Waals surface area contributed by atoms with Gasteiger partial charge in [0.25, 0.3) is 0 Å². The van der Waals surface area contributed by atoms with Crippen molar-refractivity contribution >= 4 is 27.7 Å². The van der Waals surface area contributed by atoms with Crippen molar-refractivity contribution in [3.8, 4) is 0 Å². The first-order chi connectivity index (χ1) is 8.70. The van der Waals surface area contributed by atoms with Gasteiger partial charge in [-0.15, -0.1) is 11.8 Å². The predicted molar refractivity (Wildman–Crippen MR) is 75.3 cm³/mol. The van der Waals surface area contributed by atoms with Crippen LogP contribution < -0.4 is 5.32 Å². The molecule has 0 aliphatic heterocycles. The second-order valence-electron chi connectivity index (χ2n) is 3.74. The minimum atomic E-state index is -0.210. The Morgan fingerprint density at radius 2 is 2.06 bits per heavy atom. The highest BCUT2D eigenvalue weighted by Crippen LogP contribution is 2.29. The molecule has 0 aliphatic carbocycles. The highest BCUT2D eigenvalue weighted by molar-refractivity contribution is 9.10. The number of thioether (sulfide) groups is 1. The third-order valence-electron chi connectivity index (χ3n) is 2.54. The van der Waals surface area contributed by atoms with Crippen molar-refractivity contribution in [3.05, 3.63) is 52.6 Å². The molecule has 0 spiro atoms. The number of hydrogen-bond donors (Lipinski definition) is 1. The summed E-state index contributed by atoms with van der Waals surface area (Å²) in [5.41, 5.74) is 0. The van der Waals surface area contributed by atoms with Crippen molar-refractivity contribution in [3.63, 3.8) is 0 Å². The summed E-state index contributed by atoms with van der Waals surface area (Å²) in [5.74, 6) is 1.49. The van der Waals surface area contributed by atoms with E-state index in [1.165, 1.54) is 12.1 Å². The van der Waals surface area contributed by atoms with Gasteiger partial charge in [0, 0.05) is 10.6 Å². The Kier molecular flexibility index (Phi) is 4.86. The smallest absolute Gasteiger partial charge is 0.135 e. The van der Waals surface area contributed by atoms with Crippen LogP contribution in [0.3, 0.4) is 0 Å². The summed E-state index contributed by atoms with van der Waals surface area (Å²) in [7, 11) is 1.89. The van der Waals surface area contributed by atoms with Crippen LogP contribution in [0.4, 0.5) is 4.39 Å². The number of hydrogen-bond acceptors (Lipinski definition) is 3. The lowest BCUT2D eigenvalue weighted by Crippen LogP contribution is -2.18. The lowest BCUT2D eigenvalue weighted by molar-refractivity contribution is 0.450. The number of nitrogens with one attached hydrogen (secondary N) is 1.